The minimum Gasteiger partial charge on any atom is -0.344 e. The molecule has 1 heterocycles. The molecular weight excluding hydrogens is 216 g/mol. The molecular formula is C10H11ClN2S. The van der Waals surface area contributed by atoms with Gasteiger partial charge in [-0.15, -0.1) is 12.6 Å². The van der Waals surface area contributed by atoms with Crippen LogP contribution in [-0.4, -0.2) is 11.5 Å². The number of fused-ring (bicyclic) bond motifs is 1. The van der Waals surface area contributed by atoms with Crippen LogP contribution < -0.4 is 5.73 Å². The Bertz CT molecular complexity index is 464. The smallest absolute Gasteiger partial charge is 0.120 e. The Morgan fingerprint density at radius 2 is 2.21 bits per heavy atom. The Morgan fingerprint density at radius 3 is 2.93 bits per heavy atom. The zero-order valence-corrected chi connectivity index (χ0v) is 9.20. The van der Waals surface area contributed by atoms with Crippen molar-refractivity contribution in [1.82, 2.24) is 4.98 Å². The van der Waals surface area contributed by atoms with Crippen molar-refractivity contribution < 1.29 is 0 Å². The van der Waals surface area contributed by atoms with Gasteiger partial charge in [0.15, 0.2) is 0 Å². The predicted molar refractivity (Wildman–Crippen MR) is 63.3 cm³/mol. The number of aromatic nitrogens is 1. The molecule has 2 rings (SSSR count). The summed E-state index contributed by atoms with van der Waals surface area (Å²) in [4.78, 5) is 3.92. The lowest BCUT2D eigenvalue weighted by Gasteiger charge is -2.00. The molecule has 2 aromatic rings. The number of hydrogen-bond donors (Lipinski definition) is 3. The van der Waals surface area contributed by atoms with Crippen molar-refractivity contribution in [2.24, 2.45) is 5.73 Å². The standard InChI is InChI=1S/C10H11ClN2S/c11-10-9(14)7-3-1-2-6(4-5-12)8(7)13-10/h1-3,13-14H,4-5,12H2. The van der Waals surface area contributed by atoms with Gasteiger partial charge in [-0.05, 0) is 18.5 Å². The summed E-state index contributed by atoms with van der Waals surface area (Å²) < 4.78 is 0. The molecule has 0 unspecified atom stereocenters. The van der Waals surface area contributed by atoms with E-state index in [0.29, 0.717) is 11.7 Å². The monoisotopic (exact) mass is 226 g/mol. The molecule has 74 valence electrons. The molecule has 3 N–H and O–H groups in total. The van der Waals surface area contributed by atoms with Crippen LogP contribution in [0.4, 0.5) is 0 Å². The van der Waals surface area contributed by atoms with Crippen molar-refractivity contribution >= 4 is 35.1 Å². The molecule has 1 aromatic heterocycles. The number of hydrogen-bond acceptors (Lipinski definition) is 2. The molecule has 1 aromatic carbocycles. The number of thiol groups is 1. The first-order chi connectivity index (χ1) is 6.74. The van der Waals surface area contributed by atoms with Gasteiger partial charge in [0, 0.05) is 10.3 Å². The fraction of sp³-hybridized carbons (Fsp3) is 0.200. The molecule has 0 aliphatic heterocycles. The molecule has 0 amide bonds. The van der Waals surface area contributed by atoms with E-state index in [1.807, 2.05) is 12.1 Å². The minimum atomic E-state index is 0.591. The Kier molecular flexibility index (Phi) is 2.72. The van der Waals surface area contributed by atoms with Crippen molar-refractivity contribution in [3.05, 3.63) is 28.9 Å². The van der Waals surface area contributed by atoms with Crippen LogP contribution in [0.5, 0.6) is 0 Å². The second-order valence-corrected chi connectivity index (χ2v) is 3.99. The summed E-state index contributed by atoms with van der Waals surface area (Å²) in [5.74, 6) is 0. The third-order valence-corrected chi connectivity index (χ3v) is 3.14. The first kappa shape index (κ1) is 9.90. The van der Waals surface area contributed by atoms with Gasteiger partial charge in [0.25, 0.3) is 0 Å². The van der Waals surface area contributed by atoms with Crippen molar-refractivity contribution in [1.29, 1.82) is 0 Å². The Morgan fingerprint density at radius 1 is 1.43 bits per heavy atom. The Hall–Kier alpha value is -0.640. The summed E-state index contributed by atoms with van der Waals surface area (Å²) in [6.45, 7) is 0.637. The molecule has 2 nitrogen and oxygen atoms in total. The highest BCUT2D eigenvalue weighted by molar-refractivity contribution is 7.80. The second kappa shape index (κ2) is 3.85. The Labute approximate surface area is 92.9 Å². The quantitative estimate of drug-likeness (QED) is 0.677. The average molecular weight is 227 g/mol. The average Bonchev–Trinajstić information content (AvgIpc) is 2.46. The van der Waals surface area contributed by atoms with Gasteiger partial charge in [-0.1, -0.05) is 29.8 Å². The van der Waals surface area contributed by atoms with E-state index in [-0.39, 0.29) is 0 Å². The largest absolute Gasteiger partial charge is 0.344 e. The summed E-state index contributed by atoms with van der Waals surface area (Å²) in [6, 6.07) is 6.05. The Balaban J connectivity index is 2.68. The number of halogens is 1. The zero-order chi connectivity index (χ0) is 10.1. The van der Waals surface area contributed by atoms with Gasteiger partial charge in [0.05, 0.1) is 5.52 Å². The normalized spacial score (nSPS) is 11.1. The molecule has 0 saturated carbocycles. The molecule has 0 bridgehead atoms. The van der Waals surface area contributed by atoms with E-state index < -0.39 is 0 Å². The van der Waals surface area contributed by atoms with Gasteiger partial charge < -0.3 is 10.7 Å². The number of rotatable bonds is 2. The molecule has 4 heteroatoms. The lowest BCUT2D eigenvalue weighted by atomic mass is 10.1. The van der Waals surface area contributed by atoms with E-state index in [0.717, 1.165) is 22.2 Å². The molecule has 0 fully saturated rings. The van der Waals surface area contributed by atoms with Crippen LogP contribution in [0.25, 0.3) is 10.9 Å². The fourth-order valence-corrected chi connectivity index (χ4v) is 2.03. The van der Waals surface area contributed by atoms with Crippen molar-refractivity contribution in [2.45, 2.75) is 11.3 Å². The zero-order valence-electron chi connectivity index (χ0n) is 7.55. The van der Waals surface area contributed by atoms with Crippen molar-refractivity contribution in [3.63, 3.8) is 0 Å². The summed E-state index contributed by atoms with van der Waals surface area (Å²) in [7, 11) is 0. The number of H-pyrrole nitrogens is 1. The van der Waals surface area contributed by atoms with Crippen molar-refractivity contribution in [3.8, 4) is 0 Å². The van der Waals surface area contributed by atoms with Crippen LogP contribution in [0.15, 0.2) is 23.1 Å². The minimum absolute atomic E-state index is 0.591. The SMILES string of the molecule is NCCc1cccc2c(S)c(Cl)[nH]c12. The topological polar surface area (TPSA) is 41.8 Å². The predicted octanol–water partition coefficient (Wildman–Crippen LogP) is 2.61. The van der Waals surface area contributed by atoms with E-state index in [9.17, 15) is 0 Å². The van der Waals surface area contributed by atoms with Crippen LogP contribution in [0.3, 0.4) is 0 Å². The van der Waals surface area contributed by atoms with E-state index in [1.54, 1.807) is 0 Å². The molecule has 0 atom stereocenters. The maximum atomic E-state index is 5.96. The van der Waals surface area contributed by atoms with Crippen LogP contribution in [0, 0.1) is 0 Å². The highest BCUT2D eigenvalue weighted by Crippen LogP contribution is 2.30. The van der Waals surface area contributed by atoms with Crippen LogP contribution >= 0.6 is 24.2 Å². The number of nitrogens with two attached hydrogens (primary N) is 1. The molecule has 0 radical (unpaired) electrons. The highest BCUT2D eigenvalue weighted by atomic mass is 35.5. The van der Waals surface area contributed by atoms with E-state index in [2.05, 4.69) is 23.7 Å². The third-order valence-electron chi connectivity index (χ3n) is 2.26. The number of para-hydroxylation sites is 1. The lowest BCUT2D eigenvalue weighted by Crippen LogP contribution is -2.02. The van der Waals surface area contributed by atoms with Crippen LogP contribution in [0.2, 0.25) is 5.15 Å². The molecule has 14 heavy (non-hydrogen) atoms. The number of nitrogens with one attached hydrogen (secondary N) is 1. The molecule has 0 aliphatic rings. The fourth-order valence-electron chi connectivity index (χ4n) is 1.60. The summed E-state index contributed by atoms with van der Waals surface area (Å²) in [5, 5.41) is 1.65. The van der Waals surface area contributed by atoms with Gasteiger partial charge in [-0.2, -0.15) is 0 Å². The second-order valence-electron chi connectivity index (χ2n) is 3.17. The van der Waals surface area contributed by atoms with Crippen LogP contribution in [-0.2, 0) is 6.42 Å². The van der Waals surface area contributed by atoms with Gasteiger partial charge >= 0.3 is 0 Å². The highest BCUT2D eigenvalue weighted by Gasteiger charge is 2.08. The summed E-state index contributed by atoms with van der Waals surface area (Å²) in [5.41, 5.74) is 7.77. The summed E-state index contributed by atoms with van der Waals surface area (Å²) in [6.07, 6.45) is 0.849. The van der Waals surface area contributed by atoms with Gasteiger partial charge in [-0.25, -0.2) is 0 Å². The maximum Gasteiger partial charge on any atom is 0.120 e. The van der Waals surface area contributed by atoms with Gasteiger partial charge in [-0.3, -0.25) is 0 Å². The molecule has 0 spiro atoms. The van der Waals surface area contributed by atoms with Gasteiger partial charge in [0.2, 0.25) is 0 Å². The first-order valence-electron chi connectivity index (χ1n) is 4.42. The number of aromatic amines is 1. The van der Waals surface area contributed by atoms with E-state index in [4.69, 9.17) is 17.3 Å². The van der Waals surface area contributed by atoms with E-state index in [1.165, 1.54) is 5.56 Å². The maximum absolute atomic E-state index is 5.96. The van der Waals surface area contributed by atoms with Crippen molar-refractivity contribution in [2.75, 3.05) is 6.54 Å². The first-order valence-corrected chi connectivity index (χ1v) is 5.24. The van der Waals surface area contributed by atoms with Crippen LogP contribution in [0.1, 0.15) is 5.56 Å². The molecule has 0 saturated heterocycles. The third kappa shape index (κ3) is 1.52. The molecule has 0 aliphatic carbocycles. The van der Waals surface area contributed by atoms with E-state index >= 15 is 0 Å². The lowest BCUT2D eigenvalue weighted by molar-refractivity contribution is 0.974. The number of benzene rings is 1. The summed E-state index contributed by atoms with van der Waals surface area (Å²) >= 11 is 10.3. The van der Waals surface area contributed by atoms with Gasteiger partial charge in [0.1, 0.15) is 5.15 Å².